The molecule has 0 spiro atoms. The average Bonchev–Trinajstić information content (AvgIpc) is 2.75. The zero-order chi connectivity index (χ0) is 12.3. The maximum absolute atomic E-state index is 13.5. The Bertz CT molecular complexity index is 510. The normalized spacial score (nSPS) is 10.8. The molecule has 1 aromatic carbocycles. The van der Waals surface area contributed by atoms with E-state index < -0.39 is 11.6 Å². The smallest absolute Gasteiger partial charge is 0.135 e. The number of rotatable bonds is 4. The molecule has 90 valence electrons. The van der Waals surface area contributed by atoms with E-state index in [9.17, 15) is 8.78 Å². The molecule has 1 heterocycles. The largest absolute Gasteiger partial charge is 0.330 e. The Morgan fingerprint density at radius 1 is 1.29 bits per heavy atom. The highest BCUT2D eigenvalue weighted by molar-refractivity contribution is 5.58. The van der Waals surface area contributed by atoms with Gasteiger partial charge in [0.2, 0.25) is 0 Å². The topological polar surface area (TPSA) is 56.7 Å². The molecule has 0 aliphatic heterocycles. The summed E-state index contributed by atoms with van der Waals surface area (Å²) in [6, 6.07) is 3.37. The van der Waals surface area contributed by atoms with Crippen molar-refractivity contribution in [1.29, 1.82) is 0 Å². The molecule has 1 aromatic heterocycles. The van der Waals surface area contributed by atoms with E-state index in [-0.39, 0.29) is 5.56 Å². The Labute approximate surface area is 97.0 Å². The summed E-state index contributed by atoms with van der Waals surface area (Å²) in [7, 11) is 0. The van der Waals surface area contributed by atoms with Crippen molar-refractivity contribution in [2.24, 2.45) is 5.73 Å². The molecule has 4 nitrogen and oxygen atoms in total. The van der Waals surface area contributed by atoms with Crippen LogP contribution in [0.1, 0.15) is 6.42 Å². The van der Waals surface area contributed by atoms with E-state index >= 15 is 0 Å². The highest BCUT2D eigenvalue weighted by atomic mass is 19.1. The minimum atomic E-state index is -0.643. The van der Waals surface area contributed by atoms with Gasteiger partial charge in [-0.05, 0) is 25.1 Å². The summed E-state index contributed by atoms with van der Waals surface area (Å²) in [4.78, 5) is 0. The summed E-state index contributed by atoms with van der Waals surface area (Å²) in [6.45, 7) is 1.19. The lowest BCUT2D eigenvalue weighted by Gasteiger charge is -1.98. The summed E-state index contributed by atoms with van der Waals surface area (Å²) in [5.74, 6) is -1.25. The van der Waals surface area contributed by atoms with Crippen molar-refractivity contribution in [2.45, 2.75) is 13.0 Å². The van der Waals surface area contributed by atoms with Crippen molar-refractivity contribution in [2.75, 3.05) is 6.54 Å². The van der Waals surface area contributed by atoms with Gasteiger partial charge in [-0.3, -0.25) is 4.68 Å². The van der Waals surface area contributed by atoms with E-state index in [1.807, 2.05) is 0 Å². The molecular formula is C11H12F2N4. The lowest BCUT2D eigenvalue weighted by atomic mass is 10.1. The third-order valence-electron chi connectivity index (χ3n) is 2.34. The molecule has 17 heavy (non-hydrogen) atoms. The second kappa shape index (κ2) is 5.01. The molecule has 0 saturated carbocycles. The number of hydrogen-bond donors (Lipinski definition) is 1. The summed E-state index contributed by atoms with van der Waals surface area (Å²) in [5, 5.41) is 7.68. The minimum Gasteiger partial charge on any atom is -0.330 e. The highest BCUT2D eigenvalue weighted by Crippen LogP contribution is 2.20. The second-order valence-corrected chi connectivity index (χ2v) is 3.63. The number of nitrogens with two attached hydrogens (primary N) is 1. The maximum Gasteiger partial charge on any atom is 0.135 e. The van der Waals surface area contributed by atoms with Gasteiger partial charge in [-0.15, -0.1) is 5.10 Å². The van der Waals surface area contributed by atoms with Crippen LogP contribution in [0, 0.1) is 11.6 Å². The fourth-order valence-corrected chi connectivity index (χ4v) is 1.48. The first-order valence-corrected chi connectivity index (χ1v) is 5.26. The van der Waals surface area contributed by atoms with E-state index in [1.165, 1.54) is 12.1 Å². The molecule has 0 radical (unpaired) electrons. The van der Waals surface area contributed by atoms with Gasteiger partial charge in [-0.1, -0.05) is 5.21 Å². The zero-order valence-electron chi connectivity index (χ0n) is 9.11. The van der Waals surface area contributed by atoms with Gasteiger partial charge in [0.25, 0.3) is 0 Å². The van der Waals surface area contributed by atoms with E-state index in [2.05, 4.69) is 10.3 Å². The maximum atomic E-state index is 13.5. The van der Waals surface area contributed by atoms with Crippen molar-refractivity contribution in [3.63, 3.8) is 0 Å². The van der Waals surface area contributed by atoms with Crippen molar-refractivity contribution in [3.05, 3.63) is 36.0 Å². The molecule has 0 aliphatic rings. The van der Waals surface area contributed by atoms with Crippen LogP contribution in [0.5, 0.6) is 0 Å². The highest BCUT2D eigenvalue weighted by Gasteiger charge is 2.09. The summed E-state index contributed by atoms with van der Waals surface area (Å²) >= 11 is 0. The van der Waals surface area contributed by atoms with Crippen LogP contribution in [-0.2, 0) is 6.54 Å². The Balaban J connectivity index is 2.24. The predicted molar refractivity (Wildman–Crippen MR) is 59.0 cm³/mol. The van der Waals surface area contributed by atoms with Gasteiger partial charge >= 0.3 is 0 Å². The van der Waals surface area contributed by atoms with Crippen LogP contribution in [0.2, 0.25) is 0 Å². The number of aryl methyl sites for hydroxylation is 1. The second-order valence-electron chi connectivity index (χ2n) is 3.63. The Hall–Kier alpha value is -1.82. The Morgan fingerprint density at radius 3 is 2.82 bits per heavy atom. The lowest BCUT2D eigenvalue weighted by Crippen LogP contribution is -2.06. The Kier molecular flexibility index (Phi) is 3.43. The van der Waals surface area contributed by atoms with Crippen LogP contribution in [0.15, 0.2) is 24.4 Å². The first kappa shape index (κ1) is 11.7. The van der Waals surface area contributed by atoms with Crippen LogP contribution < -0.4 is 5.73 Å². The standard InChI is InChI=1S/C11H12F2N4/c12-8-2-3-9(10(13)6-8)11-7-17(16-15-11)5-1-4-14/h2-3,6-7H,1,4-5,14H2. The van der Waals surface area contributed by atoms with Crippen LogP contribution in [-0.4, -0.2) is 21.5 Å². The third-order valence-corrected chi connectivity index (χ3v) is 2.34. The van der Waals surface area contributed by atoms with Gasteiger partial charge in [0.05, 0.1) is 6.20 Å². The molecule has 0 atom stereocenters. The van der Waals surface area contributed by atoms with Gasteiger partial charge in [-0.25, -0.2) is 8.78 Å². The minimum absolute atomic E-state index is 0.241. The van der Waals surface area contributed by atoms with Crippen LogP contribution in [0.3, 0.4) is 0 Å². The van der Waals surface area contributed by atoms with Crippen molar-refractivity contribution < 1.29 is 8.78 Å². The number of halogens is 2. The summed E-state index contributed by atoms with van der Waals surface area (Å²) < 4.78 is 27.8. The fourth-order valence-electron chi connectivity index (χ4n) is 1.48. The molecule has 6 heteroatoms. The SMILES string of the molecule is NCCCn1cc(-c2ccc(F)cc2F)nn1. The monoisotopic (exact) mass is 238 g/mol. The first-order valence-electron chi connectivity index (χ1n) is 5.26. The van der Waals surface area contributed by atoms with E-state index in [4.69, 9.17) is 5.73 Å². The predicted octanol–water partition coefficient (Wildman–Crippen LogP) is 1.57. The zero-order valence-corrected chi connectivity index (χ0v) is 9.11. The van der Waals surface area contributed by atoms with Gasteiger partial charge in [0.1, 0.15) is 17.3 Å². The molecule has 0 aliphatic carbocycles. The molecule has 0 unspecified atom stereocenters. The molecule has 2 N–H and O–H groups in total. The Morgan fingerprint density at radius 2 is 2.12 bits per heavy atom. The molecule has 0 amide bonds. The number of aromatic nitrogens is 3. The summed E-state index contributed by atoms with van der Waals surface area (Å²) in [6.07, 6.45) is 2.39. The average molecular weight is 238 g/mol. The number of nitrogens with zero attached hydrogens (tertiary/aromatic N) is 3. The van der Waals surface area contributed by atoms with E-state index in [1.54, 1.807) is 10.9 Å². The van der Waals surface area contributed by atoms with Gasteiger partial charge < -0.3 is 5.73 Å². The molecular weight excluding hydrogens is 226 g/mol. The van der Waals surface area contributed by atoms with Crippen LogP contribution in [0.25, 0.3) is 11.3 Å². The quantitative estimate of drug-likeness (QED) is 0.879. The molecule has 2 rings (SSSR count). The number of hydrogen-bond acceptors (Lipinski definition) is 3. The molecule has 0 bridgehead atoms. The van der Waals surface area contributed by atoms with Crippen molar-refractivity contribution in [3.8, 4) is 11.3 Å². The van der Waals surface area contributed by atoms with Crippen LogP contribution >= 0.6 is 0 Å². The molecule has 2 aromatic rings. The number of benzene rings is 1. The summed E-state index contributed by atoms with van der Waals surface area (Å²) in [5.41, 5.74) is 6.00. The van der Waals surface area contributed by atoms with E-state index in [0.29, 0.717) is 18.8 Å². The van der Waals surface area contributed by atoms with Gasteiger partial charge in [0, 0.05) is 18.2 Å². The molecule has 0 fully saturated rings. The van der Waals surface area contributed by atoms with Gasteiger partial charge in [-0.2, -0.15) is 0 Å². The van der Waals surface area contributed by atoms with Crippen molar-refractivity contribution >= 4 is 0 Å². The fraction of sp³-hybridized carbons (Fsp3) is 0.273. The van der Waals surface area contributed by atoms with Crippen molar-refractivity contribution in [1.82, 2.24) is 15.0 Å². The van der Waals surface area contributed by atoms with Gasteiger partial charge in [0.15, 0.2) is 0 Å². The lowest BCUT2D eigenvalue weighted by molar-refractivity contribution is 0.564. The third kappa shape index (κ3) is 2.65. The van der Waals surface area contributed by atoms with E-state index in [0.717, 1.165) is 12.5 Å². The van der Waals surface area contributed by atoms with Crippen LogP contribution in [0.4, 0.5) is 8.78 Å². The molecule has 0 saturated heterocycles. The first-order chi connectivity index (χ1) is 8.20.